The third kappa shape index (κ3) is 2.09. The topological polar surface area (TPSA) is 59.7 Å². The van der Waals surface area contributed by atoms with Crippen LogP contribution < -0.4 is 0 Å². The van der Waals surface area contributed by atoms with E-state index in [9.17, 15) is 4.79 Å². The van der Waals surface area contributed by atoms with Gasteiger partial charge in [-0.15, -0.1) is 0 Å². The summed E-state index contributed by atoms with van der Waals surface area (Å²) in [5.41, 5.74) is 0. The Morgan fingerprint density at radius 3 is 2.77 bits per heavy atom. The average molecular weight is 184 g/mol. The summed E-state index contributed by atoms with van der Waals surface area (Å²) in [5, 5.41) is 8.59. The van der Waals surface area contributed by atoms with Crippen molar-refractivity contribution in [3.63, 3.8) is 0 Å². The molecule has 0 spiro atoms. The zero-order valence-corrected chi connectivity index (χ0v) is 7.61. The highest BCUT2D eigenvalue weighted by Gasteiger charge is 2.15. The maximum absolute atomic E-state index is 10.5. The lowest BCUT2D eigenvalue weighted by molar-refractivity contribution is 0.0618. The van der Waals surface area contributed by atoms with E-state index >= 15 is 0 Å². The Bertz CT molecular complexity index is 286. The molecule has 0 unspecified atom stereocenters. The van der Waals surface area contributed by atoms with Crippen LogP contribution in [0.15, 0.2) is 16.5 Å². The molecule has 0 saturated carbocycles. The van der Waals surface area contributed by atoms with Gasteiger partial charge in [-0.05, 0) is 18.6 Å². The summed E-state index contributed by atoms with van der Waals surface area (Å²) in [6.07, 6.45) is 0.594. The molecule has 1 heterocycles. The summed E-state index contributed by atoms with van der Waals surface area (Å²) < 4.78 is 10.2. The standard InChI is InChI=1S/C9H12O4/c1-3-6(12-2)7-4-5-8(13-7)9(10)11/h4-6H,3H2,1-2H3,(H,10,11)/t6-/m0/s1. The van der Waals surface area contributed by atoms with Crippen LogP contribution in [0.25, 0.3) is 0 Å². The first-order valence-corrected chi connectivity index (χ1v) is 4.04. The fraction of sp³-hybridized carbons (Fsp3) is 0.444. The number of carbonyl (C=O) groups is 1. The number of hydrogen-bond acceptors (Lipinski definition) is 3. The molecule has 0 amide bonds. The molecule has 4 heteroatoms. The molecule has 0 aliphatic heterocycles. The van der Waals surface area contributed by atoms with Crippen LogP contribution in [0.5, 0.6) is 0 Å². The minimum Gasteiger partial charge on any atom is -0.475 e. The van der Waals surface area contributed by atoms with Crippen molar-refractivity contribution >= 4 is 5.97 Å². The van der Waals surface area contributed by atoms with Crippen LogP contribution in [0.2, 0.25) is 0 Å². The van der Waals surface area contributed by atoms with Gasteiger partial charge >= 0.3 is 5.97 Å². The van der Waals surface area contributed by atoms with Crippen molar-refractivity contribution in [1.82, 2.24) is 0 Å². The number of carboxylic acid groups (broad SMARTS) is 1. The summed E-state index contributed by atoms with van der Waals surface area (Å²) in [6, 6.07) is 3.06. The predicted molar refractivity (Wildman–Crippen MR) is 45.7 cm³/mol. The molecular formula is C9H12O4. The van der Waals surface area contributed by atoms with Gasteiger partial charge in [-0.25, -0.2) is 4.79 Å². The number of aromatic carboxylic acids is 1. The second kappa shape index (κ2) is 4.09. The van der Waals surface area contributed by atoms with E-state index in [0.29, 0.717) is 5.76 Å². The van der Waals surface area contributed by atoms with Crippen LogP contribution in [0.3, 0.4) is 0 Å². The van der Waals surface area contributed by atoms with Crippen molar-refractivity contribution in [2.24, 2.45) is 0 Å². The predicted octanol–water partition coefficient (Wildman–Crippen LogP) is 2.08. The van der Waals surface area contributed by atoms with E-state index in [-0.39, 0.29) is 11.9 Å². The highest BCUT2D eigenvalue weighted by molar-refractivity contribution is 5.84. The maximum atomic E-state index is 10.5. The van der Waals surface area contributed by atoms with Gasteiger partial charge in [0.25, 0.3) is 0 Å². The smallest absolute Gasteiger partial charge is 0.371 e. The van der Waals surface area contributed by atoms with Crippen LogP contribution in [0.1, 0.15) is 35.8 Å². The van der Waals surface area contributed by atoms with Crippen molar-refractivity contribution in [3.05, 3.63) is 23.7 Å². The molecule has 1 aromatic heterocycles. The van der Waals surface area contributed by atoms with E-state index < -0.39 is 5.97 Å². The van der Waals surface area contributed by atoms with Gasteiger partial charge in [0, 0.05) is 7.11 Å². The van der Waals surface area contributed by atoms with Crippen molar-refractivity contribution in [2.75, 3.05) is 7.11 Å². The first-order chi connectivity index (χ1) is 6.19. The van der Waals surface area contributed by atoms with Gasteiger partial charge in [-0.3, -0.25) is 0 Å². The van der Waals surface area contributed by atoms with E-state index in [4.69, 9.17) is 14.3 Å². The number of methoxy groups -OCH3 is 1. The average Bonchev–Trinajstić information content (AvgIpc) is 2.56. The fourth-order valence-corrected chi connectivity index (χ4v) is 1.12. The third-order valence-electron chi connectivity index (χ3n) is 1.81. The number of carboxylic acids is 1. The molecule has 1 N–H and O–H groups in total. The number of rotatable bonds is 4. The molecule has 0 radical (unpaired) electrons. The lowest BCUT2D eigenvalue weighted by Crippen LogP contribution is -1.98. The molecule has 0 fully saturated rings. The molecule has 13 heavy (non-hydrogen) atoms. The quantitative estimate of drug-likeness (QED) is 0.778. The van der Waals surface area contributed by atoms with E-state index in [1.165, 1.54) is 6.07 Å². The molecule has 0 aromatic carbocycles. The second-order valence-corrected chi connectivity index (χ2v) is 2.64. The van der Waals surface area contributed by atoms with Crippen molar-refractivity contribution in [1.29, 1.82) is 0 Å². The van der Waals surface area contributed by atoms with E-state index in [0.717, 1.165) is 6.42 Å². The summed E-state index contributed by atoms with van der Waals surface area (Å²) in [6.45, 7) is 1.94. The molecule has 0 saturated heterocycles. The molecule has 0 bridgehead atoms. The van der Waals surface area contributed by atoms with Gasteiger partial charge in [0.05, 0.1) is 0 Å². The lowest BCUT2D eigenvalue weighted by Gasteiger charge is -2.08. The van der Waals surface area contributed by atoms with Crippen molar-refractivity contribution < 1.29 is 19.1 Å². The summed E-state index contributed by atoms with van der Waals surface area (Å²) in [7, 11) is 1.57. The molecule has 1 atom stereocenters. The summed E-state index contributed by atoms with van der Waals surface area (Å²) >= 11 is 0. The SMILES string of the molecule is CC[C@H](OC)c1ccc(C(=O)O)o1. The van der Waals surface area contributed by atoms with Crippen molar-refractivity contribution in [3.8, 4) is 0 Å². The Labute approximate surface area is 76.1 Å². The van der Waals surface area contributed by atoms with E-state index in [2.05, 4.69) is 0 Å². The summed E-state index contributed by atoms with van der Waals surface area (Å²) in [5.74, 6) is -0.551. The molecule has 1 rings (SSSR count). The van der Waals surface area contributed by atoms with Crippen molar-refractivity contribution in [2.45, 2.75) is 19.4 Å². The van der Waals surface area contributed by atoms with Gasteiger partial charge in [0.2, 0.25) is 5.76 Å². The highest BCUT2D eigenvalue weighted by atomic mass is 16.5. The minimum atomic E-state index is -1.06. The third-order valence-corrected chi connectivity index (χ3v) is 1.81. The maximum Gasteiger partial charge on any atom is 0.371 e. The molecule has 4 nitrogen and oxygen atoms in total. The van der Waals surface area contributed by atoms with Gasteiger partial charge in [0.1, 0.15) is 11.9 Å². The van der Waals surface area contributed by atoms with E-state index in [1.807, 2.05) is 6.92 Å². The van der Waals surface area contributed by atoms with Gasteiger partial charge in [-0.2, -0.15) is 0 Å². The minimum absolute atomic E-state index is 0.0505. The number of furan rings is 1. The number of hydrogen-bond donors (Lipinski definition) is 1. The van der Waals surface area contributed by atoms with Gasteiger partial charge in [0.15, 0.2) is 0 Å². The van der Waals surface area contributed by atoms with Crippen LogP contribution in [0, 0.1) is 0 Å². The Morgan fingerprint density at radius 1 is 1.69 bits per heavy atom. The first-order valence-electron chi connectivity index (χ1n) is 4.04. The Hall–Kier alpha value is -1.29. The molecular weight excluding hydrogens is 172 g/mol. The van der Waals surface area contributed by atoms with Gasteiger partial charge in [-0.1, -0.05) is 6.92 Å². The largest absolute Gasteiger partial charge is 0.475 e. The Morgan fingerprint density at radius 2 is 2.38 bits per heavy atom. The monoisotopic (exact) mass is 184 g/mol. The molecule has 0 aliphatic carbocycles. The Balaban J connectivity index is 2.84. The normalized spacial score (nSPS) is 12.8. The molecule has 0 aliphatic rings. The van der Waals surface area contributed by atoms with Crippen LogP contribution >= 0.6 is 0 Å². The first kappa shape index (κ1) is 9.80. The van der Waals surface area contributed by atoms with Crippen LogP contribution in [-0.2, 0) is 4.74 Å². The number of ether oxygens (including phenoxy) is 1. The fourth-order valence-electron chi connectivity index (χ4n) is 1.12. The zero-order chi connectivity index (χ0) is 9.84. The van der Waals surface area contributed by atoms with E-state index in [1.54, 1.807) is 13.2 Å². The summed E-state index contributed by atoms with van der Waals surface area (Å²) in [4.78, 5) is 10.5. The van der Waals surface area contributed by atoms with Gasteiger partial charge < -0.3 is 14.3 Å². The second-order valence-electron chi connectivity index (χ2n) is 2.64. The highest BCUT2D eigenvalue weighted by Crippen LogP contribution is 2.22. The Kier molecular flexibility index (Phi) is 3.08. The lowest BCUT2D eigenvalue weighted by atomic mass is 10.2. The molecule has 1 aromatic rings. The zero-order valence-electron chi connectivity index (χ0n) is 7.61. The van der Waals surface area contributed by atoms with Crippen LogP contribution in [0.4, 0.5) is 0 Å². The molecule has 72 valence electrons. The van der Waals surface area contributed by atoms with Crippen LogP contribution in [-0.4, -0.2) is 18.2 Å².